The second-order valence-electron chi connectivity index (χ2n) is 4.12. The number of esters is 1. The molecule has 0 fully saturated rings. The van der Waals surface area contributed by atoms with Gasteiger partial charge in [-0.2, -0.15) is 0 Å². The maximum absolute atomic E-state index is 11.8. The molecule has 0 saturated heterocycles. The SMILES string of the molecule is CC(C)OC(=O)c1ccccc1SC(C)C. The summed E-state index contributed by atoms with van der Waals surface area (Å²) in [6.45, 7) is 7.93. The van der Waals surface area contributed by atoms with Crippen molar-refractivity contribution in [3.05, 3.63) is 29.8 Å². The van der Waals surface area contributed by atoms with Gasteiger partial charge < -0.3 is 4.74 Å². The van der Waals surface area contributed by atoms with Crippen LogP contribution in [-0.4, -0.2) is 17.3 Å². The van der Waals surface area contributed by atoms with Crippen LogP contribution in [-0.2, 0) is 4.74 Å². The largest absolute Gasteiger partial charge is 0.459 e. The van der Waals surface area contributed by atoms with Crippen molar-refractivity contribution in [3.8, 4) is 0 Å². The average molecular weight is 238 g/mol. The molecule has 0 aliphatic rings. The van der Waals surface area contributed by atoms with Gasteiger partial charge in [0.2, 0.25) is 0 Å². The summed E-state index contributed by atoms with van der Waals surface area (Å²) in [6, 6.07) is 7.58. The summed E-state index contributed by atoms with van der Waals surface area (Å²) in [5.41, 5.74) is 0.662. The minimum absolute atomic E-state index is 0.0791. The maximum atomic E-state index is 11.8. The highest BCUT2D eigenvalue weighted by atomic mass is 32.2. The van der Waals surface area contributed by atoms with Crippen molar-refractivity contribution in [2.75, 3.05) is 0 Å². The number of benzene rings is 1. The minimum Gasteiger partial charge on any atom is -0.459 e. The van der Waals surface area contributed by atoms with Crippen molar-refractivity contribution in [1.29, 1.82) is 0 Å². The monoisotopic (exact) mass is 238 g/mol. The van der Waals surface area contributed by atoms with Crippen LogP contribution >= 0.6 is 11.8 Å². The van der Waals surface area contributed by atoms with Crippen LogP contribution in [0.2, 0.25) is 0 Å². The van der Waals surface area contributed by atoms with Crippen molar-refractivity contribution in [3.63, 3.8) is 0 Å². The number of carbonyl (C=O) groups is 1. The highest BCUT2D eigenvalue weighted by molar-refractivity contribution is 8.00. The molecule has 0 spiro atoms. The predicted octanol–water partition coefficient (Wildman–Crippen LogP) is 3.75. The number of rotatable bonds is 4. The van der Waals surface area contributed by atoms with E-state index in [1.54, 1.807) is 11.8 Å². The van der Waals surface area contributed by atoms with E-state index in [1.165, 1.54) is 0 Å². The van der Waals surface area contributed by atoms with E-state index < -0.39 is 0 Å². The predicted molar refractivity (Wildman–Crippen MR) is 68.0 cm³/mol. The molecule has 0 unspecified atom stereocenters. The lowest BCUT2D eigenvalue weighted by Crippen LogP contribution is -2.12. The first-order valence-corrected chi connectivity index (χ1v) is 6.35. The van der Waals surface area contributed by atoms with Gasteiger partial charge in [0, 0.05) is 10.1 Å². The molecule has 16 heavy (non-hydrogen) atoms. The molecular weight excluding hydrogens is 220 g/mol. The molecule has 0 bridgehead atoms. The summed E-state index contributed by atoms with van der Waals surface area (Å²) in [6.07, 6.45) is -0.0791. The number of hydrogen-bond donors (Lipinski definition) is 0. The van der Waals surface area contributed by atoms with Crippen LogP contribution in [0.4, 0.5) is 0 Å². The Kier molecular flexibility index (Phi) is 4.87. The third-order valence-corrected chi connectivity index (χ3v) is 2.89. The van der Waals surface area contributed by atoms with Gasteiger partial charge in [0.25, 0.3) is 0 Å². The fourth-order valence-corrected chi connectivity index (χ4v) is 2.21. The van der Waals surface area contributed by atoms with Gasteiger partial charge >= 0.3 is 5.97 Å². The van der Waals surface area contributed by atoms with Crippen LogP contribution in [0, 0.1) is 0 Å². The van der Waals surface area contributed by atoms with Crippen LogP contribution in [0.15, 0.2) is 29.2 Å². The molecule has 3 heteroatoms. The summed E-state index contributed by atoms with van der Waals surface area (Å²) in [7, 11) is 0. The topological polar surface area (TPSA) is 26.3 Å². The van der Waals surface area contributed by atoms with Crippen LogP contribution in [0.25, 0.3) is 0 Å². The van der Waals surface area contributed by atoms with Crippen LogP contribution in [0.3, 0.4) is 0 Å². The zero-order chi connectivity index (χ0) is 12.1. The first-order valence-electron chi connectivity index (χ1n) is 5.47. The summed E-state index contributed by atoms with van der Waals surface area (Å²) >= 11 is 1.68. The van der Waals surface area contributed by atoms with Crippen LogP contribution in [0.5, 0.6) is 0 Å². The van der Waals surface area contributed by atoms with E-state index >= 15 is 0 Å². The molecule has 88 valence electrons. The fraction of sp³-hybridized carbons (Fsp3) is 0.462. The van der Waals surface area contributed by atoms with Gasteiger partial charge in [-0.25, -0.2) is 4.79 Å². The van der Waals surface area contributed by atoms with Gasteiger partial charge in [-0.15, -0.1) is 11.8 Å². The molecular formula is C13H18O2S. The van der Waals surface area contributed by atoms with Gasteiger partial charge in [-0.3, -0.25) is 0 Å². The molecule has 0 amide bonds. The van der Waals surface area contributed by atoms with Crippen molar-refractivity contribution in [2.24, 2.45) is 0 Å². The van der Waals surface area contributed by atoms with Crippen molar-refractivity contribution < 1.29 is 9.53 Å². The van der Waals surface area contributed by atoms with E-state index in [4.69, 9.17) is 4.74 Å². The molecule has 0 saturated carbocycles. The Hall–Kier alpha value is -0.960. The summed E-state index contributed by atoms with van der Waals surface area (Å²) in [5.74, 6) is -0.237. The van der Waals surface area contributed by atoms with E-state index in [2.05, 4.69) is 13.8 Å². The standard InChI is InChI=1S/C13H18O2S/c1-9(2)15-13(14)11-7-5-6-8-12(11)16-10(3)4/h5-10H,1-4H3. The lowest BCUT2D eigenvalue weighted by Gasteiger charge is -2.12. The number of carbonyl (C=O) groups excluding carboxylic acids is 1. The molecule has 2 nitrogen and oxygen atoms in total. The molecule has 0 heterocycles. The van der Waals surface area contributed by atoms with Crippen molar-refractivity contribution in [2.45, 2.75) is 43.9 Å². The van der Waals surface area contributed by atoms with E-state index in [9.17, 15) is 4.79 Å². The molecule has 0 radical (unpaired) electrons. The van der Waals surface area contributed by atoms with Gasteiger partial charge in [0.05, 0.1) is 11.7 Å². The Morgan fingerprint density at radius 2 is 1.81 bits per heavy atom. The Balaban J connectivity index is 2.89. The second kappa shape index (κ2) is 5.94. The second-order valence-corrected chi connectivity index (χ2v) is 5.74. The first-order chi connectivity index (χ1) is 7.50. The molecule has 1 rings (SSSR count). The van der Waals surface area contributed by atoms with E-state index in [-0.39, 0.29) is 12.1 Å². The Morgan fingerprint density at radius 1 is 1.19 bits per heavy atom. The van der Waals surface area contributed by atoms with Gasteiger partial charge in [0.1, 0.15) is 0 Å². The zero-order valence-corrected chi connectivity index (χ0v) is 11.0. The quantitative estimate of drug-likeness (QED) is 0.590. The maximum Gasteiger partial charge on any atom is 0.339 e. The van der Waals surface area contributed by atoms with Gasteiger partial charge in [-0.1, -0.05) is 26.0 Å². The molecule has 0 atom stereocenters. The molecule has 0 N–H and O–H groups in total. The number of thioether (sulfide) groups is 1. The van der Waals surface area contributed by atoms with E-state index in [0.29, 0.717) is 10.8 Å². The van der Waals surface area contributed by atoms with Crippen LogP contribution in [0.1, 0.15) is 38.1 Å². The Morgan fingerprint density at radius 3 is 2.38 bits per heavy atom. The molecule has 0 aliphatic carbocycles. The van der Waals surface area contributed by atoms with E-state index in [0.717, 1.165) is 4.90 Å². The van der Waals surface area contributed by atoms with E-state index in [1.807, 2.05) is 38.1 Å². The van der Waals surface area contributed by atoms with Crippen LogP contribution < -0.4 is 0 Å². The average Bonchev–Trinajstić information content (AvgIpc) is 2.16. The third-order valence-electron chi connectivity index (χ3n) is 1.81. The molecule has 0 aliphatic heterocycles. The first kappa shape index (κ1) is 13.1. The number of ether oxygens (including phenoxy) is 1. The fourth-order valence-electron chi connectivity index (χ4n) is 1.27. The minimum atomic E-state index is -0.237. The zero-order valence-electron chi connectivity index (χ0n) is 10.2. The summed E-state index contributed by atoms with van der Waals surface area (Å²) in [5, 5.41) is 0.452. The third kappa shape index (κ3) is 3.89. The highest BCUT2D eigenvalue weighted by Crippen LogP contribution is 2.27. The van der Waals surface area contributed by atoms with Crippen molar-refractivity contribution in [1.82, 2.24) is 0 Å². The van der Waals surface area contributed by atoms with Gasteiger partial charge in [-0.05, 0) is 26.0 Å². The normalized spacial score (nSPS) is 10.9. The molecule has 1 aromatic rings. The summed E-state index contributed by atoms with van der Waals surface area (Å²) < 4.78 is 5.21. The Bertz CT molecular complexity index is 359. The lowest BCUT2D eigenvalue weighted by atomic mass is 10.2. The van der Waals surface area contributed by atoms with Crippen molar-refractivity contribution >= 4 is 17.7 Å². The summed E-state index contributed by atoms with van der Waals surface area (Å²) in [4.78, 5) is 12.8. The molecule has 0 aromatic heterocycles. The Labute approximate surface area is 101 Å². The number of hydrogen-bond acceptors (Lipinski definition) is 3. The van der Waals surface area contributed by atoms with Gasteiger partial charge in [0.15, 0.2) is 0 Å². The smallest absolute Gasteiger partial charge is 0.339 e. The highest BCUT2D eigenvalue weighted by Gasteiger charge is 2.14. The molecule has 1 aromatic carbocycles. The lowest BCUT2D eigenvalue weighted by molar-refractivity contribution is 0.0374.